The molecule has 0 atom stereocenters. The quantitative estimate of drug-likeness (QED) is 0.547. The molecule has 2 nitrogen and oxygen atoms in total. The first-order chi connectivity index (χ1) is 6.43. The average Bonchev–Trinajstić information content (AvgIpc) is 2.61. The number of benzene rings is 1. The Morgan fingerprint density at radius 3 is 3.23 bits per heavy atom. The van der Waals surface area contributed by atoms with Crippen LogP contribution < -0.4 is 0 Å². The van der Waals surface area contributed by atoms with E-state index >= 15 is 0 Å². The molecule has 1 N–H and O–H groups in total. The van der Waals surface area contributed by atoms with Crippen LogP contribution in [0.5, 0.6) is 0 Å². The van der Waals surface area contributed by atoms with Crippen LogP contribution in [0.1, 0.15) is 0 Å². The molecule has 0 saturated carbocycles. The predicted molar refractivity (Wildman–Crippen MR) is 52.4 cm³/mol. The number of aromatic nitrogens is 2. The van der Waals surface area contributed by atoms with Crippen LogP contribution >= 0.6 is 0 Å². The van der Waals surface area contributed by atoms with Gasteiger partial charge in [-0.15, -0.1) is 0 Å². The number of hydrogen-bond acceptors (Lipinski definition) is 1. The van der Waals surface area contributed by atoms with Crippen molar-refractivity contribution in [1.29, 1.82) is 0 Å². The second-order valence-electron chi connectivity index (χ2n) is 3.02. The maximum absolute atomic E-state index is 4.45. The Balaban J connectivity index is 2.57. The Labute approximate surface area is 75.2 Å². The maximum Gasteiger partial charge on any atom is 0.137 e. The van der Waals surface area contributed by atoms with Crippen LogP contribution in [0.15, 0.2) is 36.5 Å². The molecule has 0 unspecified atom stereocenters. The van der Waals surface area contributed by atoms with Crippen LogP contribution in [-0.4, -0.2) is 9.97 Å². The molecule has 2 heteroatoms. The molecule has 0 amide bonds. The van der Waals surface area contributed by atoms with Crippen molar-refractivity contribution < 1.29 is 0 Å². The molecular weight excluding hydrogens is 160 g/mol. The Bertz CT molecular complexity index is 517. The smallest absolute Gasteiger partial charge is 0.137 e. The number of hydrogen-bond donors (Lipinski definition) is 1. The van der Waals surface area contributed by atoms with E-state index in [9.17, 15) is 0 Å². The molecule has 0 fully saturated rings. The summed E-state index contributed by atoms with van der Waals surface area (Å²) in [5.74, 6) is 0. The minimum absolute atomic E-state index is 0.937. The lowest BCUT2D eigenvalue weighted by molar-refractivity contribution is 1.37. The maximum atomic E-state index is 4.45. The highest BCUT2D eigenvalue weighted by molar-refractivity contribution is 5.91. The van der Waals surface area contributed by atoms with Crippen molar-refractivity contribution in [1.82, 2.24) is 9.97 Å². The Hall–Kier alpha value is -1.83. The summed E-state index contributed by atoms with van der Waals surface area (Å²) in [4.78, 5) is 7.54. The summed E-state index contributed by atoms with van der Waals surface area (Å²) in [7, 11) is 0. The van der Waals surface area contributed by atoms with Crippen LogP contribution in [0, 0.1) is 6.07 Å². The molecule has 1 radical (unpaired) electrons. The standard InChI is InChI=1S/C11H7N2/c1-2-4-10-8(3-1)7-9-5-6-12-11(9)13-10/h1,3-7H,(H,12,13). The van der Waals surface area contributed by atoms with Gasteiger partial charge in [-0.2, -0.15) is 0 Å². The lowest BCUT2D eigenvalue weighted by atomic mass is 10.2. The van der Waals surface area contributed by atoms with Gasteiger partial charge in [-0.1, -0.05) is 12.1 Å². The van der Waals surface area contributed by atoms with E-state index in [1.165, 1.54) is 0 Å². The molecule has 3 rings (SSSR count). The second-order valence-corrected chi connectivity index (χ2v) is 3.02. The van der Waals surface area contributed by atoms with Crippen molar-refractivity contribution >= 4 is 21.9 Å². The summed E-state index contributed by atoms with van der Waals surface area (Å²) in [6.07, 6.45) is 1.90. The average molecular weight is 167 g/mol. The number of aromatic amines is 1. The first-order valence-corrected chi connectivity index (χ1v) is 4.17. The van der Waals surface area contributed by atoms with E-state index in [-0.39, 0.29) is 0 Å². The molecule has 0 aliphatic heterocycles. The Morgan fingerprint density at radius 1 is 1.23 bits per heavy atom. The highest BCUT2D eigenvalue weighted by Gasteiger charge is 1.98. The first-order valence-electron chi connectivity index (χ1n) is 4.17. The third kappa shape index (κ3) is 0.920. The Morgan fingerprint density at radius 2 is 2.23 bits per heavy atom. The normalized spacial score (nSPS) is 11.1. The van der Waals surface area contributed by atoms with Gasteiger partial charge in [0.15, 0.2) is 0 Å². The summed E-state index contributed by atoms with van der Waals surface area (Å²) in [6.45, 7) is 0. The fourth-order valence-corrected chi connectivity index (χ4v) is 1.53. The summed E-state index contributed by atoms with van der Waals surface area (Å²) < 4.78 is 0. The van der Waals surface area contributed by atoms with Gasteiger partial charge in [0, 0.05) is 17.0 Å². The van der Waals surface area contributed by atoms with Crippen LogP contribution in [0.4, 0.5) is 0 Å². The molecule has 61 valence electrons. The van der Waals surface area contributed by atoms with E-state index < -0.39 is 0 Å². The summed E-state index contributed by atoms with van der Waals surface area (Å²) in [6, 6.07) is 13.0. The molecule has 2 heterocycles. The fraction of sp³-hybridized carbons (Fsp3) is 0. The van der Waals surface area contributed by atoms with Crippen LogP contribution in [0.3, 0.4) is 0 Å². The first kappa shape index (κ1) is 6.66. The van der Waals surface area contributed by atoms with Gasteiger partial charge in [0.1, 0.15) is 5.65 Å². The van der Waals surface area contributed by atoms with Crippen LogP contribution in [0.2, 0.25) is 0 Å². The van der Waals surface area contributed by atoms with Crippen molar-refractivity contribution in [3.63, 3.8) is 0 Å². The van der Waals surface area contributed by atoms with Crippen molar-refractivity contribution in [2.24, 2.45) is 0 Å². The number of H-pyrrole nitrogens is 1. The molecule has 0 aliphatic rings. The second kappa shape index (κ2) is 2.33. The number of nitrogens with zero attached hydrogens (tertiary/aromatic N) is 1. The van der Waals surface area contributed by atoms with E-state index in [4.69, 9.17) is 0 Å². The number of nitrogens with one attached hydrogen (secondary N) is 1. The third-order valence-electron chi connectivity index (χ3n) is 2.17. The van der Waals surface area contributed by atoms with Crippen molar-refractivity contribution in [3.8, 4) is 0 Å². The molecule has 0 bridgehead atoms. The predicted octanol–water partition coefficient (Wildman–Crippen LogP) is 2.52. The van der Waals surface area contributed by atoms with E-state index in [2.05, 4.69) is 22.1 Å². The number of fused-ring (bicyclic) bond motifs is 2. The zero-order valence-electron chi connectivity index (χ0n) is 6.91. The summed E-state index contributed by atoms with van der Waals surface area (Å²) in [5.41, 5.74) is 1.92. The minimum atomic E-state index is 0.937. The molecule has 0 saturated heterocycles. The lowest BCUT2D eigenvalue weighted by Crippen LogP contribution is -1.79. The molecule has 1 aromatic carbocycles. The fourth-order valence-electron chi connectivity index (χ4n) is 1.53. The van der Waals surface area contributed by atoms with E-state index in [1.807, 2.05) is 30.5 Å². The van der Waals surface area contributed by atoms with E-state index in [0.29, 0.717) is 0 Å². The van der Waals surface area contributed by atoms with Gasteiger partial charge in [-0.3, -0.25) is 0 Å². The zero-order valence-corrected chi connectivity index (χ0v) is 6.91. The van der Waals surface area contributed by atoms with Gasteiger partial charge in [0.25, 0.3) is 0 Å². The highest BCUT2D eigenvalue weighted by atomic mass is 14.8. The SMILES string of the molecule is [c]1ccc2cc3cc[nH]c3nc2c1. The summed E-state index contributed by atoms with van der Waals surface area (Å²) in [5, 5.41) is 2.31. The van der Waals surface area contributed by atoms with Gasteiger partial charge in [-0.05, 0) is 24.3 Å². The largest absolute Gasteiger partial charge is 0.346 e. The van der Waals surface area contributed by atoms with Gasteiger partial charge in [0.05, 0.1) is 5.52 Å². The zero-order chi connectivity index (χ0) is 8.67. The number of rotatable bonds is 0. The molecule has 3 aromatic rings. The minimum Gasteiger partial charge on any atom is -0.346 e. The lowest BCUT2D eigenvalue weighted by Gasteiger charge is -1.95. The van der Waals surface area contributed by atoms with E-state index in [1.54, 1.807) is 0 Å². The topological polar surface area (TPSA) is 28.7 Å². The van der Waals surface area contributed by atoms with Crippen LogP contribution in [0.25, 0.3) is 21.9 Å². The molecule has 0 spiro atoms. The molecule has 2 aromatic heterocycles. The van der Waals surface area contributed by atoms with E-state index in [0.717, 1.165) is 21.9 Å². The van der Waals surface area contributed by atoms with Crippen molar-refractivity contribution in [2.75, 3.05) is 0 Å². The monoisotopic (exact) mass is 167 g/mol. The molecular formula is C11H7N2. The highest BCUT2D eigenvalue weighted by Crippen LogP contribution is 2.17. The van der Waals surface area contributed by atoms with Gasteiger partial charge < -0.3 is 4.98 Å². The van der Waals surface area contributed by atoms with Gasteiger partial charge in [-0.25, -0.2) is 4.98 Å². The van der Waals surface area contributed by atoms with Crippen molar-refractivity contribution in [3.05, 3.63) is 42.6 Å². The van der Waals surface area contributed by atoms with Crippen molar-refractivity contribution in [2.45, 2.75) is 0 Å². The summed E-state index contributed by atoms with van der Waals surface area (Å²) >= 11 is 0. The van der Waals surface area contributed by atoms with Crippen LogP contribution in [-0.2, 0) is 0 Å². The number of pyridine rings is 1. The van der Waals surface area contributed by atoms with Gasteiger partial charge in [0.2, 0.25) is 0 Å². The molecule has 13 heavy (non-hydrogen) atoms. The Kier molecular flexibility index (Phi) is 1.19. The molecule has 0 aliphatic carbocycles. The third-order valence-corrected chi connectivity index (χ3v) is 2.17. The van der Waals surface area contributed by atoms with Gasteiger partial charge >= 0.3 is 0 Å².